The minimum Gasteiger partial charge on any atom is -0.454 e. The monoisotopic (exact) mass is 263 g/mol. The Labute approximate surface area is 116 Å². The fraction of sp³-hybridized carbons (Fsp3) is 0.625. The van der Waals surface area contributed by atoms with Crippen molar-refractivity contribution in [1.82, 2.24) is 5.32 Å². The minimum atomic E-state index is -0.0345. The second-order valence-electron chi connectivity index (χ2n) is 5.68. The molecule has 0 saturated carbocycles. The van der Waals surface area contributed by atoms with Gasteiger partial charge in [0.25, 0.3) is 0 Å². The maximum absolute atomic E-state index is 5.44. The van der Waals surface area contributed by atoms with E-state index >= 15 is 0 Å². The highest BCUT2D eigenvalue weighted by atomic mass is 16.7. The van der Waals surface area contributed by atoms with Crippen molar-refractivity contribution in [2.24, 2.45) is 0 Å². The third-order valence-electron chi connectivity index (χ3n) is 3.69. The Morgan fingerprint density at radius 2 is 1.89 bits per heavy atom. The van der Waals surface area contributed by atoms with E-state index in [1.807, 2.05) is 6.07 Å². The standard InChI is InChI=1S/C16H25NO2/c1-4-5-6-7-10-17-16(2,3)13-8-9-14-15(11-13)19-12-18-14/h8-9,11,17H,4-7,10,12H2,1-3H3. The quantitative estimate of drug-likeness (QED) is 0.759. The lowest BCUT2D eigenvalue weighted by Gasteiger charge is -2.27. The van der Waals surface area contributed by atoms with Crippen molar-refractivity contribution >= 4 is 0 Å². The van der Waals surface area contributed by atoms with Gasteiger partial charge in [-0.25, -0.2) is 0 Å². The first kappa shape index (κ1) is 14.2. The fourth-order valence-corrected chi connectivity index (χ4v) is 2.34. The summed E-state index contributed by atoms with van der Waals surface area (Å²) in [6.45, 7) is 8.06. The first-order valence-electron chi connectivity index (χ1n) is 7.28. The summed E-state index contributed by atoms with van der Waals surface area (Å²) in [7, 11) is 0. The second kappa shape index (κ2) is 6.29. The van der Waals surface area contributed by atoms with Crippen LogP contribution in [-0.4, -0.2) is 13.3 Å². The van der Waals surface area contributed by atoms with Gasteiger partial charge >= 0.3 is 0 Å². The Balaban J connectivity index is 1.91. The van der Waals surface area contributed by atoms with Crippen LogP contribution >= 0.6 is 0 Å². The molecule has 3 nitrogen and oxygen atoms in total. The van der Waals surface area contributed by atoms with Crippen LogP contribution in [0.4, 0.5) is 0 Å². The SMILES string of the molecule is CCCCCCNC(C)(C)c1ccc2c(c1)OCO2. The highest BCUT2D eigenvalue weighted by Crippen LogP contribution is 2.35. The largest absolute Gasteiger partial charge is 0.454 e. The third-order valence-corrected chi connectivity index (χ3v) is 3.69. The maximum Gasteiger partial charge on any atom is 0.231 e. The summed E-state index contributed by atoms with van der Waals surface area (Å²) in [6.07, 6.45) is 5.15. The normalized spacial score (nSPS) is 13.8. The molecule has 0 spiro atoms. The highest BCUT2D eigenvalue weighted by Gasteiger charge is 2.23. The molecule has 0 aliphatic carbocycles. The molecule has 0 bridgehead atoms. The van der Waals surface area contributed by atoms with Crippen LogP contribution in [0.1, 0.15) is 52.0 Å². The number of benzene rings is 1. The van der Waals surface area contributed by atoms with Crippen molar-refractivity contribution in [3.63, 3.8) is 0 Å². The van der Waals surface area contributed by atoms with Crippen LogP contribution in [0.25, 0.3) is 0 Å². The Kier molecular flexibility index (Phi) is 4.70. The van der Waals surface area contributed by atoms with Gasteiger partial charge in [-0.1, -0.05) is 32.3 Å². The molecule has 1 N–H and O–H groups in total. The van der Waals surface area contributed by atoms with E-state index in [9.17, 15) is 0 Å². The zero-order chi connectivity index (χ0) is 13.7. The minimum absolute atomic E-state index is 0.0345. The Morgan fingerprint density at radius 1 is 1.11 bits per heavy atom. The predicted octanol–water partition coefficient (Wildman–Crippen LogP) is 3.82. The molecule has 2 rings (SSSR count). The number of nitrogens with one attached hydrogen (secondary N) is 1. The molecule has 0 fully saturated rings. The van der Waals surface area contributed by atoms with Gasteiger partial charge in [0.2, 0.25) is 6.79 Å². The smallest absolute Gasteiger partial charge is 0.231 e. The number of hydrogen-bond acceptors (Lipinski definition) is 3. The lowest BCUT2D eigenvalue weighted by Crippen LogP contribution is -2.37. The van der Waals surface area contributed by atoms with E-state index in [-0.39, 0.29) is 5.54 Å². The van der Waals surface area contributed by atoms with Gasteiger partial charge in [0.1, 0.15) is 0 Å². The summed E-state index contributed by atoms with van der Waals surface area (Å²) in [5.74, 6) is 1.71. The number of hydrogen-bond donors (Lipinski definition) is 1. The van der Waals surface area contributed by atoms with E-state index < -0.39 is 0 Å². The molecule has 0 unspecified atom stereocenters. The van der Waals surface area contributed by atoms with Crippen LogP contribution in [0, 0.1) is 0 Å². The summed E-state index contributed by atoms with van der Waals surface area (Å²) in [5.41, 5.74) is 1.21. The fourth-order valence-electron chi connectivity index (χ4n) is 2.34. The van der Waals surface area contributed by atoms with Gasteiger partial charge in [0.05, 0.1) is 0 Å². The number of rotatable bonds is 7. The summed E-state index contributed by atoms with van der Waals surface area (Å²) in [5, 5.41) is 3.63. The topological polar surface area (TPSA) is 30.5 Å². The molecule has 1 aromatic carbocycles. The van der Waals surface area contributed by atoms with E-state index in [4.69, 9.17) is 9.47 Å². The molecular weight excluding hydrogens is 238 g/mol. The van der Waals surface area contributed by atoms with Gasteiger partial charge in [-0.05, 0) is 44.5 Å². The summed E-state index contributed by atoms with van der Waals surface area (Å²) >= 11 is 0. The molecule has 106 valence electrons. The summed E-state index contributed by atoms with van der Waals surface area (Å²) < 4.78 is 10.8. The van der Waals surface area contributed by atoms with Gasteiger partial charge in [0, 0.05) is 5.54 Å². The zero-order valence-corrected chi connectivity index (χ0v) is 12.3. The molecule has 0 radical (unpaired) electrons. The van der Waals surface area contributed by atoms with Gasteiger partial charge in [0.15, 0.2) is 11.5 Å². The van der Waals surface area contributed by atoms with E-state index in [2.05, 4.69) is 38.2 Å². The van der Waals surface area contributed by atoms with Crippen LogP contribution in [0.5, 0.6) is 11.5 Å². The number of ether oxygens (including phenoxy) is 2. The molecule has 3 heteroatoms. The number of fused-ring (bicyclic) bond motifs is 1. The summed E-state index contributed by atoms with van der Waals surface area (Å²) in [6, 6.07) is 6.20. The third kappa shape index (κ3) is 3.63. The van der Waals surface area contributed by atoms with Crippen LogP contribution in [0.3, 0.4) is 0 Å². The number of unbranched alkanes of at least 4 members (excludes halogenated alkanes) is 3. The molecule has 19 heavy (non-hydrogen) atoms. The van der Waals surface area contributed by atoms with E-state index in [0.717, 1.165) is 18.0 Å². The molecule has 1 aliphatic heterocycles. The second-order valence-corrected chi connectivity index (χ2v) is 5.68. The van der Waals surface area contributed by atoms with Crippen molar-refractivity contribution in [3.8, 4) is 11.5 Å². The van der Waals surface area contributed by atoms with Crippen LogP contribution in [0.2, 0.25) is 0 Å². The van der Waals surface area contributed by atoms with E-state index in [1.54, 1.807) is 0 Å². The molecule has 0 amide bonds. The van der Waals surface area contributed by atoms with Gasteiger partial charge in [-0.15, -0.1) is 0 Å². The average Bonchev–Trinajstić information content (AvgIpc) is 2.85. The predicted molar refractivity (Wildman–Crippen MR) is 77.7 cm³/mol. The van der Waals surface area contributed by atoms with Gasteiger partial charge < -0.3 is 14.8 Å². The Morgan fingerprint density at radius 3 is 2.68 bits per heavy atom. The first-order valence-corrected chi connectivity index (χ1v) is 7.28. The van der Waals surface area contributed by atoms with Crippen molar-refractivity contribution in [2.45, 2.75) is 52.0 Å². The summed E-state index contributed by atoms with van der Waals surface area (Å²) in [4.78, 5) is 0. The highest BCUT2D eigenvalue weighted by molar-refractivity contribution is 5.46. The van der Waals surface area contributed by atoms with Crippen LogP contribution in [0.15, 0.2) is 18.2 Å². The van der Waals surface area contributed by atoms with Crippen LogP contribution < -0.4 is 14.8 Å². The molecule has 0 aromatic heterocycles. The van der Waals surface area contributed by atoms with E-state index in [0.29, 0.717) is 6.79 Å². The first-order chi connectivity index (χ1) is 9.13. The molecule has 1 aromatic rings. The van der Waals surface area contributed by atoms with Crippen molar-refractivity contribution in [1.29, 1.82) is 0 Å². The average molecular weight is 263 g/mol. The Bertz CT molecular complexity index is 415. The zero-order valence-electron chi connectivity index (χ0n) is 12.3. The van der Waals surface area contributed by atoms with Crippen LogP contribution in [-0.2, 0) is 5.54 Å². The molecule has 1 aliphatic rings. The molecule has 0 atom stereocenters. The van der Waals surface area contributed by atoms with E-state index in [1.165, 1.54) is 31.2 Å². The van der Waals surface area contributed by atoms with Crippen molar-refractivity contribution < 1.29 is 9.47 Å². The lowest BCUT2D eigenvalue weighted by atomic mass is 9.93. The van der Waals surface area contributed by atoms with Gasteiger partial charge in [-0.3, -0.25) is 0 Å². The lowest BCUT2D eigenvalue weighted by molar-refractivity contribution is 0.174. The maximum atomic E-state index is 5.44. The molecule has 0 saturated heterocycles. The van der Waals surface area contributed by atoms with Crippen molar-refractivity contribution in [3.05, 3.63) is 23.8 Å². The molecule has 1 heterocycles. The Hall–Kier alpha value is -1.22. The van der Waals surface area contributed by atoms with Crippen molar-refractivity contribution in [2.75, 3.05) is 13.3 Å². The molecular formula is C16H25NO2. The van der Waals surface area contributed by atoms with Gasteiger partial charge in [-0.2, -0.15) is 0 Å².